The lowest BCUT2D eigenvalue weighted by atomic mass is 9.84. The molecule has 2 fully saturated rings. The lowest BCUT2D eigenvalue weighted by Crippen LogP contribution is -2.49. The van der Waals surface area contributed by atoms with Crippen molar-refractivity contribution in [3.8, 4) is 0 Å². The van der Waals surface area contributed by atoms with Crippen molar-refractivity contribution in [2.75, 3.05) is 14.2 Å². The van der Waals surface area contributed by atoms with Gasteiger partial charge in [0.1, 0.15) is 6.04 Å². The molecule has 1 heterocycles. The van der Waals surface area contributed by atoms with Crippen LogP contribution >= 0.6 is 0 Å². The summed E-state index contributed by atoms with van der Waals surface area (Å²) in [6, 6.07) is 9.02. The van der Waals surface area contributed by atoms with Gasteiger partial charge < -0.3 is 4.90 Å². The predicted octanol–water partition coefficient (Wildman–Crippen LogP) is 2.48. The molecule has 0 radical (unpaired) electrons. The van der Waals surface area contributed by atoms with Gasteiger partial charge in [-0.25, -0.2) is 5.06 Å². The number of benzene rings is 1. The smallest absolute Gasteiger partial charge is 0.268 e. The van der Waals surface area contributed by atoms with Gasteiger partial charge in [0.25, 0.3) is 11.8 Å². The third-order valence-electron chi connectivity index (χ3n) is 5.21. The molecule has 1 saturated heterocycles. The second kappa shape index (κ2) is 6.71. The van der Waals surface area contributed by atoms with E-state index < -0.39 is 6.04 Å². The van der Waals surface area contributed by atoms with Crippen molar-refractivity contribution < 1.29 is 14.4 Å². The Labute approximate surface area is 137 Å². The summed E-state index contributed by atoms with van der Waals surface area (Å²) in [5, 5.41) is 1.24. The second-order valence-electron chi connectivity index (χ2n) is 6.46. The minimum absolute atomic E-state index is 0.0390. The first kappa shape index (κ1) is 16.0. The number of hydrogen-bond donors (Lipinski definition) is 0. The highest BCUT2D eigenvalue weighted by Crippen LogP contribution is 2.40. The van der Waals surface area contributed by atoms with Gasteiger partial charge in [-0.05, 0) is 37.3 Å². The average molecular weight is 316 g/mol. The summed E-state index contributed by atoms with van der Waals surface area (Å²) in [6.45, 7) is 0. The van der Waals surface area contributed by atoms with Gasteiger partial charge in [0.15, 0.2) is 0 Å². The number of hydroxylamine groups is 2. The Balaban J connectivity index is 1.91. The Morgan fingerprint density at radius 1 is 1.17 bits per heavy atom. The lowest BCUT2D eigenvalue weighted by Gasteiger charge is -2.34. The van der Waals surface area contributed by atoms with Crippen LogP contribution < -0.4 is 0 Å². The van der Waals surface area contributed by atoms with Gasteiger partial charge in [-0.3, -0.25) is 14.4 Å². The molecule has 0 N–H and O–H groups in total. The van der Waals surface area contributed by atoms with Crippen LogP contribution in [0.15, 0.2) is 30.3 Å². The normalized spacial score (nSPS) is 26.7. The number of nitrogens with zero attached hydrogens (tertiary/aromatic N) is 2. The number of likely N-dealkylation sites (tertiary alicyclic amines) is 1. The molecule has 1 saturated carbocycles. The highest BCUT2D eigenvalue weighted by Gasteiger charge is 2.48. The van der Waals surface area contributed by atoms with E-state index in [0.29, 0.717) is 11.5 Å². The third-order valence-corrected chi connectivity index (χ3v) is 5.21. The fraction of sp³-hybridized carbons (Fsp3) is 0.556. The fourth-order valence-corrected chi connectivity index (χ4v) is 4.00. The topological polar surface area (TPSA) is 49.9 Å². The molecule has 0 bridgehead atoms. The van der Waals surface area contributed by atoms with Crippen LogP contribution in [0.3, 0.4) is 0 Å². The molecule has 3 rings (SSSR count). The summed E-state index contributed by atoms with van der Waals surface area (Å²) >= 11 is 0. The first-order valence-electron chi connectivity index (χ1n) is 8.33. The number of likely N-dealkylation sites (N-methyl/N-ethyl adjacent to an activating group) is 1. The third kappa shape index (κ3) is 2.98. The molecule has 2 amide bonds. The molecule has 3 atom stereocenters. The number of rotatable bonds is 3. The summed E-state index contributed by atoms with van der Waals surface area (Å²) in [4.78, 5) is 32.6. The van der Waals surface area contributed by atoms with Gasteiger partial charge in [0.05, 0.1) is 7.11 Å². The largest absolute Gasteiger partial charge is 0.323 e. The van der Waals surface area contributed by atoms with E-state index in [2.05, 4.69) is 0 Å². The minimum atomic E-state index is -0.416. The number of carbonyl (C=O) groups is 2. The molecule has 23 heavy (non-hydrogen) atoms. The van der Waals surface area contributed by atoms with Crippen molar-refractivity contribution in [2.45, 2.75) is 44.2 Å². The van der Waals surface area contributed by atoms with Crippen molar-refractivity contribution in [1.29, 1.82) is 0 Å². The summed E-state index contributed by atoms with van der Waals surface area (Å²) in [5.74, 6) is 0.254. The number of amides is 2. The highest BCUT2D eigenvalue weighted by molar-refractivity contribution is 5.98. The van der Waals surface area contributed by atoms with Crippen LogP contribution in [0.4, 0.5) is 0 Å². The zero-order valence-electron chi connectivity index (χ0n) is 13.8. The molecule has 1 aromatic rings. The summed E-state index contributed by atoms with van der Waals surface area (Å²) < 4.78 is 0. The molecule has 5 nitrogen and oxygen atoms in total. The molecule has 124 valence electrons. The maximum Gasteiger partial charge on any atom is 0.268 e. The summed E-state index contributed by atoms with van der Waals surface area (Å²) in [7, 11) is 3.08. The van der Waals surface area contributed by atoms with Gasteiger partial charge in [-0.1, -0.05) is 31.0 Å². The highest BCUT2D eigenvalue weighted by atomic mass is 16.7. The summed E-state index contributed by atoms with van der Waals surface area (Å²) in [5.41, 5.74) is 0.650. The molecule has 0 aromatic heterocycles. The fourth-order valence-electron chi connectivity index (χ4n) is 4.00. The average Bonchev–Trinajstić information content (AvgIpc) is 2.99. The Hall–Kier alpha value is -1.88. The van der Waals surface area contributed by atoms with E-state index in [1.807, 2.05) is 35.2 Å². The molecule has 5 heteroatoms. The molecular formula is C18H24N2O3. The quantitative estimate of drug-likeness (QED) is 0.805. The van der Waals surface area contributed by atoms with Crippen LogP contribution in [-0.2, 0) is 9.63 Å². The number of carbonyl (C=O) groups excluding carboxylic acids is 2. The Bertz CT molecular complexity index is 575. The van der Waals surface area contributed by atoms with Crippen LogP contribution in [0.25, 0.3) is 0 Å². The van der Waals surface area contributed by atoms with E-state index in [0.717, 1.165) is 25.7 Å². The zero-order chi connectivity index (χ0) is 16.4. The van der Waals surface area contributed by atoms with Crippen LogP contribution in [0.1, 0.15) is 42.5 Å². The van der Waals surface area contributed by atoms with Crippen molar-refractivity contribution in [1.82, 2.24) is 9.96 Å². The van der Waals surface area contributed by atoms with E-state index >= 15 is 0 Å². The predicted molar refractivity (Wildman–Crippen MR) is 86.5 cm³/mol. The minimum Gasteiger partial charge on any atom is -0.323 e. The van der Waals surface area contributed by atoms with Gasteiger partial charge in [0, 0.05) is 18.7 Å². The first-order chi connectivity index (χ1) is 11.1. The van der Waals surface area contributed by atoms with Gasteiger partial charge in [-0.15, -0.1) is 0 Å². The Morgan fingerprint density at radius 2 is 1.87 bits per heavy atom. The maximum atomic E-state index is 13.0. The number of hydrogen-bond acceptors (Lipinski definition) is 3. The Morgan fingerprint density at radius 3 is 2.57 bits per heavy atom. The van der Waals surface area contributed by atoms with E-state index in [-0.39, 0.29) is 17.9 Å². The SMILES string of the molecule is CON(C)C(=O)[C@@H]1C[C@H]2CCCC[C@H]2N1C(=O)c1ccccc1. The molecule has 0 unspecified atom stereocenters. The molecule has 1 aromatic carbocycles. The second-order valence-corrected chi connectivity index (χ2v) is 6.46. The molecule has 2 aliphatic rings. The monoisotopic (exact) mass is 316 g/mol. The molecular weight excluding hydrogens is 292 g/mol. The molecule has 0 spiro atoms. The number of fused-ring (bicyclic) bond motifs is 1. The maximum absolute atomic E-state index is 13.0. The molecule has 1 aliphatic carbocycles. The van der Waals surface area contributed by atoms with Crippen molar-refractivity contribution in [3.63, 3.8) is 0 Å². The van der Waals surface area contributed by atoms with Crippen LogP contribution in [0.2, 0.25) is 0 Å². The van der Waals surface area contributed by atoms with Crippen molar-refractivity contribution >= 4 is 11.8 Å². The van der Waals surface area contributed by atoms with Crippen LogP contribution in [0, 0.1) is 5.92 Å². The van der Waals surface area contributed by atoms with E-state index in [1.54, 1.807) is 7.05 Å². The van der Waals surface area contributed by atoms with E-state index in [1.165, 1.54) is 18.6 Å². The van der Waals surface area contributed by atoms with Crippen LogP contribution in [-0.4, -0.2) is 48.0 Å². The van der Waals surface area contributed by atoms with Gasteiger partial charge in [-0.2, -0.15) is 0 Å². The first-order valence-corrected chi connectivity index (χ1v) is 8.33. The molecule has 1 aliphatic heterocycles. The lowest BCUT2D eigenvalue weighted by molar-refractivity contribution is -0.173. The van der Waals surface area contributed by atoms with Crippen molar-refractivity contribution in [2.24, 2.45) is 5.92 Å². The van der Waals surface area contributed by atoms with E-state index in [4.69, 9.17) is 4.84 Å². The van der Waals surface area contributed by atoms with E-state index in [9.17, 15) is 9.59 Å². The van der Waals surface area contributed by atoms with Gasteiger partial charge in [0.2, 0.25) is 0 Å². The zero-order valence-corrected chi connectivity index (χ0v) is 13.8. The van der Waals surface area contributed by atoms with Crippen molar-refractivity contribution in [3.05, 3.63) is 35.9 Å². The summed E-state index contributed by atoms with van der Waals surface area (Å²) in [6.07, 6.45) is 5.15. The van der Waals surface area contributed by atoms with Crippen LogP contribution in [0.5, 0.6) is 0 Å². The standard InChI is InChI=1S/C18H24N2O3/c1-19(23-2)18(22)16-12-14-10-6-7-11-15(14)20(16)17(21)13-8-4-3-5-9-13/h3-5,8-9,14-16H,6-7,10-12H2,1-2H3/t14-,15-,16+/m1/s1. The van der Waals surface area contributed by atoms with Gasteiger partial charge >= 0.3 is 0 Å². The Kier molecular flexibility index (Phi) is 4.66.